The molecule has 2 N–H and O–H groups in total. The number of rotatable bonds is 2. The van der Waals surface area contributed by atoms with Crippen LogP contribution in [0.3, 0.4) is 0 Å². The molecule has 1 aliphatic rings. The molecule has 0 spiro atoms. The van der Waals surface area contributed by atoms with E-state index in [2.05, 4.69) is 15.4 Å². The molecule has 1 fully saturated rings. The highest BCUT2D eigenvalue weighted by Gasteiger charge is 2.20. The van der Waals surface area contributed by atoms with Crippen molar-refractivity contribution in [1.29, 1.82) is 0 Å². The first-order valence-corrected chi connectivity index (χ1v) is 6.90. The molecule has 2 aromatic heterocycles. The molecular formula is C14H20N4O. The maximum absolute atomic E-state index is 9.56. The summed E-state index contributed by atoms with van der Waals surface area (Å²) in [5.74, 6) is 0.997. The lowest BCUT2D eigenvalue weighted by atomic mass is 9.93. The van der Waals surface area contributed by atoms with Gasteiger partial charge in [0.25, 0.3) is 0 Å². The number of hydrogen-bond donors (Lipinski definition) is 2. The van der Waals surface area contributed by atoms with Crippen molar-refractivity contribution in [2.45, 2.75) is 51.7 Å². The van der Waals surface area contributed by atoms with Crippen molar-refractivity contribution in [3.63, 3.8) is 0 Å². The first-order valence-electron chi connectivity index (χ1n) is 6.90. The Morgan fingerprint density at radius 3 is 2.63 bits per heavy atom. The summed E-state index contributed by atoms with van der Waals surface area (Å²) in [6.45, 7) is 3.98. The van der Waals surface area contributed by atoms with Gasteiger partial charge in [0.15, 0.2) is 5.65 Å². The Balaban J connectivity index is 1.87. The highest BCUT2D eigenvalue weighted by Crippen LogP contribution is 2.23. The van der Waals surface area contributed by atoms with Crippen molar-refractivity contribution >= 4 is 11.5 Å². The standard InChI is InChI=1S/C14H20N4O/c1-9-7-14(16-11-3-5-12(19)6-4-11)18-13(15-9)8-10(2)17-18/h7-8,11-12,16,19H,3-6H2,1-2H3. The minimum Gasteiger partial charge on any atom is -0.393 e. The molecule has 5 nitrogen and oxygen atoms in total. The molecule has 5 heteroatoms. The average molecular weight is 260 g/mol. The van der Waals surface area contributed by atoms with E-state index in [0.717, 1.165) is 48.5 Å². The molecular weight excluding hydrogens is 240 g/mol. The van der Waals surface area contributed by atoms with Crippen LogP contribution in [-0.2, 0) is 0 Å². The summed E-state index contributed by atoms with van der Waals surface area (Å²) >= 11 is 0. The maximum atomic E-state index is 9.56. The van der Waals surface area contributed by atoms with Crippen molar-refractivity contribution in [2.75, 3.05) is 5.32 Å². The summed E-state index contributed by atoms with van der Waals surface area (Å²) in [4.78, 5) is 4.48. The van der Waals surface area contributed by atoms with Crippen LogP contribution in [0.4, 0.5) is 5.82 Å². The second-order valence-corrected chi connectivity index (χ2v) is 5.49. The van der Waals surface area contributed by atoms with E-state index in [0.29, 0.717) is 6.04 Å². The second kappa shape index (κ2) is 4.81. The van der Waals surface area contributed by atoms with Gasteiger partial charge in [-0.25, -0.2) is 4.98 Å². The molecule has 0 aliphatic heterocycles. The van der Waals surface area contributed by atoms with Crippen molar-refractivity contribution in [3.05, 3.63) is 23.5 Å². The van der Waals surface area contributed by atoms with E-state index in [1.165, 1.54) is 0 Å². The summed E-state index contributed by atoms with van der Waals surface area (Å²) < 4.78 is 1.87. The average Bonchev–Trinajstić information content (AvgIpc) is 2.72. The lowest BCUT2D eigenvalue weighted by Gasteiger charge is -2.27. The molecule has 102 valence electrons. The van der Waals surface area contributed by atoms with Crippen LogP contribution in [0.5, 0.6) is 0 Å². The largest absolute Gasteiger partial charge is 0.393 e. The number of nitrogens with zero attached hydrogens (tertiary/aromatic N) is 3. The molecule has 0 amide bonds. The Labute approximate surface area is 112 Å². The Kier molecular flexibility index (Phi) is 3.14. The van der Waals surface area contributed by atoms with E-state index in [1.54, 1.807) is 0 Å². The number of aliphatic hydroxyl groups is 1. The highest BCUT2D eigenvalue weighted by molar-refractivity contribution is 5.50. The fraction of sp³-hybridized carbons (Fsp3) is 0.571. The number of aliphatic hydroxyl groups excluding tert-OH is 1. The second-order valence-electron chi connectivity index (χ2n) is 5.49. The van der Waals surface area contributed by atoms with Gasteiger partial charge in [0.05, 0.1) is 11.8 Å². The van der Waals surface area contributed by atoms with Crippen molar-refractivity contribution < 1.29 is 5.11 Å². The van der Waals surface area contributed by atoms with Crippen molar-refractivity contribution in [2.24, 2.45) is 0 Å². The topological polar surface area (TPSA) is 62.5 Å². The van der Waals surface area contributed by atoms with E-state index in [9.17, 15) is 5.11 Å². The van der Waals surface area contributed by atoms with E-state index >= 15 is 0 Å². The van der Waals surface area contributed by atoms with Gasteiger partial charge in [-0.3, -0.25) is 0 Å². The number of anilines is 1. The summed E-state index contributed by atoms with van der Waals surface area (Å²) in [5.41, 5.74) is 2.85. The Hall–Kier alpha value is -1.62. The summed E-state index contributed by atoms with van der Waals surface area (Å²) in [6, 6.07) is 4.44. The lowest BCUT2D eigenvalue weighted by Crippen LogP contribution is -2.29. The minimum absolute atomic E-state index is 0.121. The molecule has 0 radical (unpaired) electrons. The van der Waals surface area contributed by atoms with Crippen LogP contribution < -0.4 is 5.32 Å². The number of aromatic nitrogens is 3. The smallest absolute Gasteiger partial charge is 0.157 e. The zero-order valence-corrected chi connectivity index (χ0v) is 11.4. The number of fused-ring (bicyclic) bond motifs is 1. The summed E-state index contributed by atoms with van der Waals surface area (Å²) in [6.07, 6.45) is 3.64. The molecule has 2 aromatic rings. The zero-order chi connectivity index (χ0) is 13.4. The molecule has 0 bridgehead atoms. The zero-order valence-electron chi connectivity index (χ0n) is 11.4. The normalized spacial score (nSPS) is 23.7. The Bertz CT molecular complexity index is 584. The first kappa shape index (κ1) is 12.4. The number of aryl methyl sites for hydroxylation is 2. The van der Waals surface area contributed by atoms with Gasteiger partial charge in [0.1, 0.15) is 5.82 Å². The minimum atomic E-state index is -0.121. The van der Waals surface area contributed by atoms with Crippen LogP contribution in [0.2, 0.25) is 0 Å². The predicted octanol–water partition coefficient (Wildman–Crippen LogP) is 2.06. The molecule has 0 aromatic carbocycles. The van der Waals surface area contributed by atoms with Crippen LogP contribution >= 0.6 is 0 Å². The van der Waals surface area contributed by atoms with Gasteiger partial charge >= 0.3 is 0 Å². The summed E-state index contributed by atoms with van der Waals surface area (Å²) in [5, 5.41) is 17.6. The molecule has 0 saturated heterocycles. The third-order valence-corrected chi connectivity index (χ3v) is 3.73. The third kappa shape index (κ3) is 2.56. The van der Waals surface area contributed by atoms with Crippen molar-refractivity contribution in [1.82, 2.24) is 14.6 Å². The SMILES string of the molecule is Cc1cc(NC2CCC(O)CC2)n2nc(C)cc2n1. The lowest BCUT2D eigenvalue weighted by molar-refractivity contribution is 0.126. The van der Waals surface area contributed by atoms with Crippen LogP contribution in [0.15, 0.2) is 12.1 Å². The Morgan fingerprint density at radius 1 is 1.16 bits per heavy atom. The number of hydrogen-bond acceptors (Lipinski definition) is 4. The predicted molar refractivity (Wildman–Crippen MR) is 74.3 cm³/mol. The van der Waals surface area contributed by atoms with Crippen LogP contribution in [0, 0.1) is 13.8 Å². The van der Waals surface area contributed by atoms with Gasteiger partial charge < -0.3 is 10.4 Å². The van der Waals surface area contributed by atoms with E-state index in [-0.39, 0.29) is 6.10 Å². The van der Waals surface area contributed by atoms with Gasteiger partial charge in [0.2, 0.25) is 0 Å². The van der Waals surface area contributed by atoms with Crippen LogP contribution in [-0.4, -0.2) is 31.9 Å². The molecule has 1 aliphatic carbocycles. The molecule has 0 atom stereocenters. The Morgan fingerprint density at radius 2 is 1.89 bits per heavy atom. The monoisotopic (exact) mass is 260 g/mol. The van der Waals surface area contributed by atoms with E-state index < -0.39 is 0 Å². The van der Waals surface area contributed by atoms with Gasteiger partial charge in [0, 0.05) is 23.9 Å². The highest BCUT2D eigenvalue weighted by atomic mass is 16.3. The fourth-order valence-corrected chi connectivity index (χ4v) is 2.75. The number of nitrogens with one attached hydrogen (secondary N) is 1. The molecule has 1 saturated carbocycles. The third-order valence-electron chi connectivity index (χ3n) is 3.73. The molecule has 2 heterocycles. The molecule has 3 rings (SSSR count). The summed E-state index contributed by atoms with van der Waals surface area (Å²) in [7, 11) is 0. The van der Waals surface area contributed by atoms with Gasteiger partial charge in [-0.2, -0.15) is 9.61 Å². The quantitative estimate of drug-likeness (QED) is 0.867. The molecule has 0 unspecified atom stereocenters. The van der Waals surface area contributed by atoms with Crippen LogP contribution in [0.25, 0.3) is 5.65 Å². The van der Waals surface area contributed by atoms with Gasteiger partial charge in [-0.05, 0) is 39.5 Å². The molecule has 19 heavy (non-hydrogen) atoms. The first-order chi connectivity index (χ1) is 9.11. The van der Waals surface area contributed by atoms with E-state index in [1.807, 2.05) is 30.5 Å². The maximum Gasteiger partial charge on any atom is 0.157 e. The van der Waals surface area contributed by atoms with Crippen molar-refractivity contribution in [3.8, 4) is 0 Å². The van der Waals surface area contributed by atoms with Gasteiger partial charge in [-0.15, -0.1) is 0 Å². The van der Waals surface area contributed by atoms with Gasteiger partial charge in [-0.1, -0.05) is 0 Å². The fourth-order valence-electron chi connectivity index (χ4n) is 2.75. The van der Waals surface area contributed by atoms with E-state index in [4.69, 9.17) is 0 Å². The van der Waals surface area contributed by atoms with Crippen LogP contribution in [0.1, 0.15) is 37.1 Å².